The first-order chi connectivity index (χ1) is 5.72. The summed E-state index contributed by atoms with van der Waals surface area (Å²) in [6.07, 6.45) is 5.33. The molecule has 0 aromatic rings. The van der Waals surface area contributed by atoms with Crippen molar-refractivity contribution in [3.8, 4) is 0 Å². The fourth-order valence-electron chi connectivity index (χ4n) is 1.35. The van der Waals surface area contributed by atoms with Crippen LogP contribution >= 0.6 is 12.4 Å². The van der Waals surface area contributed by atoms with Crippen LogP contribution in [0.25, 0.3) is 0 Å². The average Bonchev–Trinajstić information content (AvgIpc) is 2.04. The molecule has 0 unspecified atom stereocenters. The summed E-state index contributed by atoms with van der Waals surface area (Å²) in [5.41, 5.74) is 0. The SMILES string of the molecule is CCCCN(CCCC)C(C)C.Cl. The number of hydrogen-bond donors (Lipinski definition) is 0. The van der Waals surface area contributed by atoms with Crippen molar-refractivity contribution in [3.05, 3.63) is 0 Å². The van der Waals surface area contributed by atoms with Crippen LogP contribution in [0, 0.1) is 0 Å². The normalized spacial score (nSPS) is 10.6. The maximum absolute atomic E-state index is 2.59. The summed E-state index contributed by atoms with van der Waals surface area (Å²) in [5.74, 6) is 0. The first kappa shape index (κ1) is 15.7. The Balaban J connectivity index is 0. The molecule has 0 fully saturated rings. The highest BCUT2D eigenvalue weighted by Crippen LogP contribution is 2.03. The van der Waals surface area contributed by atoms with Gasteiger partial charge in [0.25, 0.3) is 0 Å². The molecule has 0 rings (SSSR count). The monoisotopic (exact) mass is 207 g/mol. The molecule has 2 heteroatoms. The van der Waals surface area contributed by atoms with Crippen LogP contribution in [0.5, 0.6) is 0 Å². The second kappa shape index (κ2) is 10.3. The van der Waals surface area contributed by atoms with Gasteiger partial charge >= 0.3 is 0 Å². The minimum Gasteiger partial charge on any atom is -0.301 e. The fourth-order valence-corrected chi connectivity index (χ4v) is 1.35. The third-order valence-corrected chi connectivity index (χ3v) is 2.33. The van der Waals surface area contributed by atoms with Gasteiger partial charge in [0.15, 0.2) is 0 Å². The molecule has 0 aromatic carbocycles. The van der Waals surface area contributed by atoms with Gasteiger partial charge in [0.2, 0.25) is 0 Å². The molecule has 0 saturated heterocycles. The van der Waals surface area contributed by atoms with E-state index in [0.717, 1.165) is 6.04 Å². The Morgan fingerprint density at radius 3 is 1.54 bits per heavy atom. The molecule has 0 aliphatic carbocycles. The lowest BCUT2D eigenvalue weighted by Crippen LogP contribution is -2.32. The zero-order valence-electron chi connectivity index (χ0n) is 9.68. The van der Waals surface area contributed by atoms with E-state index >= 15 is 0 Å². The van der Waals surface area contributed by atoms with E-state index in [2.05, 4.69) is 32.6 Å². The summed E-state index contributed by atoms with van der Waals surface area (Å²) in [7, 11) is 0. The number of unbranched alkanes of at least 4 members (excludes halogenated alkanes) is 2. The van der Waals surface area contributed by atoms with E-state index in [1.807, 2.05) is 0 Å². The molecule has 0 bridgehead atoms. The Kier molecular flexibility index (Phi) is 12.5. The van der Waals surface area contributed by atoms with Crippen molar-refractivity contribution in [1.82, 2.24) is 4.90 Å². The van der Waals surface area contributed by atoms with Gasteiger partial charge in [-0.05, 0) is 39.8 Å². The molecule has 0 aliphatic rings. The zero-order valence-corrected chi connectivity index (χ0v) is 10.5. The summed E-state index contributed by atoms with van der Waals surface area (Å²) in [6, 6.07) is 0.725. The Bertz CT molecular complexity index is 86.1. The molecule has 0 heterocycles. The van der Waals surface area contributed by atoms with E-state index in [1.54, 1.807) is 0 Å². The molecule has 82 valence electrons. The van der Waals surface area contributed by atoms with Gasteiger partial charge in [0.1, 0.15) is 0 Å². The van der Waals surface area contributed by atoms with Crippen LogP contribution < -0.4 is 0 Å². The molecule has 13 heavy (non-hydrogen) atoms. The van der Waals surface area contributed by atoms with E-state index in [1.165, 1.54) is 38.8 Å². The van der Waals surface area contributed by atoms with E-state index in [9.17, 15) is 0 Å². The standard InChI is InChI=1S/C11H25N.ClH/c1-5-7-9-12(11(3)4)10-8-6-2;/h11H,5-10H2,1-4H3;1H. The van der Waals surface area contributed by atoms with Gasteiger partial charge in [-0.15, -0.1) is 12.4 Å². The molecule has 0 N–H and O–H groups in total. The second-order valence-corrected chi connectivity index (χ2v) is 3.84. The van der Waals surface area contributed by atoms with Crippen molar-refractivity contribution in [2.45, 2.75) is 59.4 Å². The van der Waals surface area contributed by atoms with E-state index in [4.69, 9.17) is 0 Å². The average molecular weight is 208 g/mol. The Morgan fingerprint density at radius 1 is 0.923 bits per heavy atom. The van der Waals surface area contributed by atoms with Crippen LogP contribution in [0.4, 0.5) is 0 Å². The Morgan fingerprint density at radius 2 is 1.31 bits per heavy atom. The largest absolute Gasteiger partial charge is 0.301 e. The van der Waals surface area contributed by atoms with Crippen LogP contribution in [0.15, 0.2) is 0 Å². The summed E-state index contributed by atoms with van der Waals surface area (Å²) in [4.78, 5) is 2.59. The van der Waals surface area contributed by atoms with Crippen LogP contribution in [-0.4, -0.2) is 24.0 Å². The van der Waals surface area contributed by atoms with Gasteiger partial charge in [0.05, 0.1) is 0 Å². The van der Waals surface area contributed by atoms with Crippen LogP contribution in [0.2, 0.25) is 0 Å². The van der Waals surface area contributed by atoms with E-state index in [0.29, 0.717) is 0 Å². The number of rotatable bonds is 7. The minimum atomic E-state index is 0. The third-order valence-electron chi connectivity index (χ3n) is 2.33. The van der Waals surface area contributed by atoms with Gasteiger partial charge in [-0.3, -0.25) is 0 Å². The van der Waals surface area contributed by atoms with Crippen LogP contribution in [0.3, 0.4) is 0 Å². The van der Waals surface area contributed by atoms with Crippen LogP contribution in [0.1, 0.15) is 53.4 Å². The molecule has 0 amide bonds. The first-order valence-corrected chi connectivity index (χ1v) is 5.46. The highest BCUT2D eigenvalue weighted by atomic mass is 35.5. The quantitative estimate of drug-likeness (QED) is 0.615. The van der Waals surface area contributed by atoms with Gasteiger partial charge in [-0.2, -0.15) is 0 Å². The molecule has 0 radical (unpaired) electrons. The lowest BCUT2D eigenvalue weighted by Gasteiger charge is -2.25. The first-order valence-electron chi connectivity index (χ1n) is 5.46. The van der Waals surface area contributed by atoms with E-state index < -0.39 is 0 Å². The molecular weight excluding hydrogens is 182 g/mol. The van der Waals surface area contributed by atoms with Crippen molar-refractivity contribution in [2.24, 2.45) is 0 Å². The van der Waals surface area contributed by atoms with Crippen molar-refractivity contribution in [1.29, 1.82) is 0 Å². The Labute approximate surface area is 90.3 Å². The maximum atomic E-state index is 2.59. The number of halogens is 1. The van der Waals surface area contributed by atoms with Crippen LogP contribution in [-0.2, 0) is 0 Å². The molecule has 0 atom stereocenters. The lowest BCUT2D eigenvalue weighted by molar-refractivity contribution is 0.215. The van der Waals surface area contributed by atoms with Gasteiger partial charge < -0.3 is 4.90 Å². The lowest BCUT2D eigenvalue weighted by atomic mass is 10.2. The smallest absolute Gasteiger partial charge is 0.00385 e. The summed E-state index contributed by atoms with van der Waals surface area (Å²) >= 11 is 0. The zero-order chi connectivity index (χ0) is 9.40. The fraction of sp³-hybridized carbons (Fsp3) is 1.00. The van der Waals surface area contributed by atoms with Gasteiger partial charge in [-0.25, -0.2) is 0 Å². The molecule has 0 aromatic heterocycles. The Hall–Kier alpha value is 0.250. The molecule has 1 nitrogen and oxygen atoms in total. The predicted molar refractivity (Wildman–Crippen MR) is 63.8 cm³/mol. The van der Waals surface area contributed by atoms with Crippen molar-refractivity contribution in [3.63, 3.8) is 0 Å². The maximum Gasteiger partial charge on any atom is 0.00385 e. The topological polar surface area (TPSA) is 3.24 Å². The summed E-state index contributed by atoms with van der Waals surface area (Å²) in [6.45, 7) is 11.7. The second-order valence-electron chi connectivity index (χ2n) is 3.84. The molecule has 0 saturated carbocycles. The van der Waals surface area contributed by atoms with Crippen molar-refractivity contribution < 1.29 is 0 Å². The molecular formula is C11H26ClN. The highest BCUT2D eigenvalue weighted by Gasteiger charge is 2.06. The van der Waals surface area contributed by atoms with Crippen molar-refractivity contribution >= 4 is 12.4 Å². The van der Waals surface area contributed by atoms with Crippen molar-refractivity contribution in [2.75, 3.05) is 13.1 Å². The minimum absolute atomic E-state index is 0. The number of nitrogens with zero attached hydrogens (tertiary/aromatic N) is 1. The molecule has 0 spiro atoms. The van der Waals surface area contributed by atoms with Gasteiger partial charge in [-0.1, -0.05) is 26.7 Å². The van der Waals surface area contributed by atoms with E-state index in [-0.39, 0.29) is 12.4 Å². The van der Waals surface area contributed by atoms with Gasteiger partial charge in [0, 0.05) is 6.04 Å². The third kappa shape index (κ3) is 8.58. The summed E-state index contributed by atoms with van der Waals surface area (Å²) in [5, 5.41) is 0. The molecule has 0 aliphatic heterocycles. The predicted octanol–water partition coefficient (Wildman–Crippen LogP) is 3.72. The summed E-state index contributed by atoms with van der Waals surface area (Å²) < 4.78 is 0. The number of hydrogen-bond acceptors (Lipinski definition) is 1. The highest BCUT2D eigenvalue weighted by molar-refractivity contribution is 5.85.